The Kier molecular flexibility index (Phi) is 3.55. The summed E-state index contributed by atoms with van der Waals surface area (Å²) in [4.78, 5) is 11.1. The van der Waals surface area contributed by atoms with Crippen molar-refractivity contribution in [2.75, 3.05) is 18.0 Å². The Morgan fingerprint density at radius 3 is 2.71 bits per heavy atom. The largest absolute Gasteiger partial charge is 0.354 e. The van der Waals surface area contributed by atoms with E-state index in [0.717, 1.165) is 36.6 Å². The third kappa shape index (κ3) is 2.66. The fraction of sp³-hybridized carbons (Fsp3) is 0.412. The van der Waals surface area contributed by atoms with E-state index in [9.17, 15) is 0 Å². The molecule has 24 heavy (non-hydrogen) atoms. The number of aryl methyl sites for hydroxylation is 3. The average molecular weight is 324 g/mol. The van der Waals surface area contributed by atoms with Crippen LogP contribution in [0, 0.1) is 20.8 Å². The second kappa shape index (κ2) is 5.74. The minimum atomic E-state index is 0.402. The summed E-state index contributed by atoms with van der Waals surface area (Å²) in [6.45, 7) is 7.86. The molecule has 0 aliphatic carbocycles. The van der Waals surface area contributed by atoms with Gasteiger partial charge in [-0.1, -0.05) is 5.16 Å². The van der Waals surface area contributed by atoms with Gasteiger partial charge >= 0.3 is 0 Å². The van der Waals surface area contributed by atoms with Crippen molar-refractivity contribution >= 4 is 5.82 Å². The van der Waals surface area contributed by atoms with Crippen LogP contribution in [0.5, 0.6) is 0 Å². The minimum Gasteiger partial charge on any atom is -0.354 e. The first-order valence-electron chi connectivity index (χ1n) is 8.14. The molecule has 0 saturated carbocycles. The van der Waals surface area contributed by atoms with Gasteiger partial charge in [0.05, 0.1) is 17.3 Å². The maximum atomic E-state index is 5.18. The molecule has 4 heterocycles. The van der Waals surface area contributed by atoms with Gasteiger partial charge < -0.3 is 9.42 Å². The summed E-state index contributed by atoms with van der Waals surface area (Å²) in [6.07, 6.45) is 2.87. The van der Waals surface area contributed by atoms with Crippen molar-refractivity contribution in [2.45, 2.75) is 33.2 Å². The molecule has 124 valence electrons. The van der Waals surface area contributed by atoms with Crippen LogP contribution in [0.4, 0.5) is 5.82 Å². The summed E-state index contributed by atoms with van der Waals surface area (Å²) in [5.74, 6) is 2.11. The first-order chi connectivity index (χ1) is 11.6. The molecule has 0 N–H and O–H groups in total. The van der Waals surface area contributed by atoms with Crippen LogP contribution in [0.2, 0.25) is 0 Å². The molecule has 0 radical (unpaired) electrons. The van der Waals surface area contributed by atoms with E-state index in [4.69, 9.17) is 4.52 Å². The van der Waals surface area contributed by atoms with Crippen LogP contribution in [0.3, 0.4) is 0 Å². The van der Waals surface area contributed by atoms with Crippen molar-refractivity contribution in [3.8, 4) is 11.5 Å². The molecule has 0 aromatic carbocycles. The Labute approximate surface area is 140 Å². The van der Waals surface area contributed by atoms with E-state index in [-0.39, 0.29) is 0 Å². The molecule has 7 nitrogen and oxygen atoms in total. The first kappa shape index (κ1) is 14.9. The molecular formula is C17H20N6O. The van der Waals surface area contributed by atoms with Gasteiger partial charge in [0, 0.05) is 25.0 Å². The van der Waals surface area contributed by atoms with E-state index in [1.807, 2.05) is 19.1 Å². The monoisotopic (exact) mass is 324 g/mol. The summed E-state index contributed by atoms with van der Waals surface area (Å²) in [5, 5.41) is 8.43. The number of anilines is 1. The molecule has 1 atom stereocenters. The summed E-state index contributed by atoms with van der Waals surface area (Å²) < 4.78 is 7.32. The molecule has 1 saturated heterocycles. The number of hydrogen-bond acceptors (Lipinski definition) is 6. The minimum absolute atomic E-state index is 0.402. The highest BCUT2D eigenvalue weighted by atomic mass is 16.5. The maximum Gasteiger partial charge on any atom is 0.259 e. The van der Waals surface area contributed by atoms with E-state index in [1.54, 1.807) is 13.1 Å². The van der Waals surface area contributed by atoms with Crippen LogP contribution in [-0.4, -0.2) is 38.0 Å². The van der Waals surface area contributed by atoms with Gasteiger partial charge in [-0.05, 0) is 45.4 Å². The molecule has 0 amide bonds. The van der Waals surface area contributed by atoms with Gasteiger partial charge in [-0.3, -0.25) is 4.68 Å². The van der Waals surface area contributed by atoms with E-state index in [2.05, 4.69) is 42.8 Å². The average Bonchev–Trinajstić information content (AvgIpc) is 3.28. The molecule has 4 rings (SSSR count). The van der Waals surface area contributed by atoms with Gasteiger partial charge in [0.1, 0.15) is 5.82 Å². The smallest absolute Gasteiger partial charge is 0.259 e. The highest BCUT2D eigenvalue weighted by Crippen LogP contribution is 2.27. The van der Waals surface area contributed by atoms with Crippen LogP contribution < -0.4 is 4.90 Å². The van der Waals surface area contributed by atoms with Crippen molar-refractivity contribution in [2.24, 2.45) is 0 Å². The molecule has 0 bridgehead atoms. The van der Waals surface area contributed by atoms with Gasteiger partial charge in [0.15, 0.2) is 5.82 Å². The molecule has 3 aromatic rings. The lowest BCUT2D eigenvalue weighted by Crippen LogP contribution is -2.22. The third-order valence-corrected chi connectivity index (χ3v) is 4.40. The highest BCUT2D eigenvalue weighted by molar-refractivity contribution is 5.54. The lowest BCUT2D eigenvalue weighted by molar-refractivity contribution is 0.425. The van der Waals surface area contributed by atoms with E-state index < -0.39 is 0 Å². The predicted molar refractivity (Wildman–Crippen MR) is 89.8 cm³/mol. The van der Waals surface area contributed by atoms with Crippen molar-refractivity contribution in [3.05, 3.63) is 41.6 Å². The molecule has 7 heteroatoms. The zero-order valence-corrected chi connectivity index (χ0v) is 14.1. The number of rotatable bonds is 3. The van der Waals surface area contributed by atoms with Crippen molar-refractivity contribution < 1.29 is 4.52 Å². The summed E-state index contributed by atoms with van der Waals surface area (Å²) in [7, 11) is 0. The predicted octanol–water partition coefficient (Wildman–Crippen LogP) is 2.70. The standard InChI is InChI=1S/C17H20N6O/c1-11-8-12(2)23(20-11)15-6-7-22(10-15)16-5-4-14(9-18-16)17-19-13(3)21-24-17/h4-5,8-9,15H,6-7,10H2,1-3H3. The lowest BCUT2D eigenvalue weighted by Gasteiger charge is -2.18. The van der Waals surface area contributed by atoms with Gasteiger partial charge in [0.2, 0.25) is 0 Å². The third-order valence-electron chi connectivity index (χ3n) is 4.40. The SMILES string of the molecule is Cc1cc(C)n(C2CCN(c3ccc(-c4nc(C)no4)cn3)C2)n1. The second-order valence-corrected chi connectivity index (χ2v) is 6.31. The molecule has 1 aliphatic heterocycles. The summed E-state index contributed by atoms with van der Waals surface area (Å²) in [6, 6.07) is 6.52. The molecular weight excluding hydrogens is 304 g/mol. The Morgan fingerprint density at radius 1 is 1.21 bits per heavy atom. The quantitative estimate of drug-likeness (QED) is 0.737. The van der Waals surface area contributed by atoms with Crippen LogP contribution in [-0.2, 0) is 0 Å². The van der Waals surface area contributed by atoms with Gasteiger partial charge in [-0.25, -0.2) is 4.98 Å². The first-order valence-corrected chi connectivity index (χ1v) is 8.14. The van der Waals surface area contributed by atoms with Crippen LogP contribution in [0.15, 0.2) is 28.9 Å². The number of aromatic nitrogens is 5. The molecule has 1 fully saturated rings. The van der Waals surface area contributed by atoms with Crippen LogP contribution in [0.1, 0.15) is 29.7 Å². The molecule has 0 spiro atoms. The van der Waals surface area contributed by atoms with Crippen molar-refractivity contribution in [1.82, 2.24) is 24.9 Å². The molecule has 3 aromatic heterocycles. The highest BCUT2D eigenvalue weighted by Gasteiger charge is 2.26. The van der Waals surface area contributed by atoms with Gasteiger partial charge in [-0.15, -0.1) is 0 Å². The van der Waals surface area contributed by atoms with Crippen molar-refractivity contribution in [1.29, 1.82) is 0 Å². The van der Waals surface area contributed by atoms with E-state index >= 15 is 0 Å². The lowest BCUT2D eigenvalue weighted by atomic mass is 10.2. The van der Waals surface area contributed by atoms with Crippen molar-refractivity contribution in [3.63, 3.8) is 0 Å². The molecule has 1 unspecified atom stereocenters. The Bertz CT molecular complexity index is 850. The van der Waals surface area contributed by atoms with E-state index in [1.165, 1.54) is 5.69 Å². The topological polar surface area (TPSA) is 72.9 Å². The number of hydrogen-bond donors (Lipinski definition) is 0. The zero-order chi connectivity index (χ0) is 16.7. The van der Waals surface area contributed by atoms with Gasteiger partial charge in [-0.2, -0.15) is 10.1 Å². The van der Waals surface area contributed by atoms with Crippen LogP contribution in [0.25, 0.3) is 11.5 Å². The maximum absolute atomic E-state index is 5.18. The number of pyridine rings is 1. The van der Waals surface area contributed by atoms with Gasteiger partial charge in [0.25, 0.3) is 5.89 Å². The van der Waals surface area contributed by atoms with E-state index in [0.29, 0.717) is 17.8 Å². The second-order valence-electron chi connectivity index (χ2n) is 6.31. The zero-order valence-electron chi connectivity index (χ0n) is 14.1. The fourth-order valence-corrected chi connectivity index (χ4v) is 3.28. The Hall–Kier alpha value is -2.70. The fourth-order valence-electron chi connectivity index (χ4n) is 3.28. The Morgan fingerprint density at radius 2 is 2.08 bits per heavy atom. The molecule has 1 aliphatic rings. The summed E-state index contributed by atoms with van der Waals surface area (Å²) >= 11 is 0. The Balaban J connectivity index is 1.50. The van der Waals surface area contributed by atoms with Crippen LogP contribution >= 0.6 is 0 Å². The normalized spacial score (nSPS) is 17.6. The number of nitrogens with zero attached hydrogens (tertiary/aromatic N) is 6. The summed E-state index contributed by atoms with van der Waals surface area (Å²) in [5.41, 5.74) is 3.13.